The van der Waals surface area contributed by atoms with E-state index < -0.39 is 5.82 Å². The minimum Gasteiger partial charge on any atom is -0.508 e. The van der Waals surface area contributed by atoms with E-state index in [1.54, 1.807) is 18.2 Å². The van der Waals surface area contributed by atoms with Crippen molar-refractivity contribution in [1.82, 2.24) is 15.4 Å². The molecule has 7 nitrogen and oxygen atoms in total. The van der Waals surface area contributed by atoms with Crippen molar-refractivity contribution in [2.45, 2.75) is 6.54 Å². The van der Waals surface area contributed by atoms with E-state index >= 15 is 0 Å². The molecular weight excluding hydrogens is 335 g/mol. The van der Waals surface area contributed by atoms with Crippen LogP contribution in [-0.2, 0) is 6.54 Å². The summed E-state index contributed by atoms with van der Waals surface area (Å²) in [4.78, 5) is 8.12. The Morgan fingerprint density at radius 2 is 2.00 bits per heavy atom. The predicted octanol–water partition coefficient (Wildman–Crippen LogP) is 3.26. The Morgan fingerprint density at radius 1 is 1.15 bits per heavy atom. The number of phenolic OH excluding ortho intramolecular Hbond substituents is 1. The molecule has 8 heteroatoms. The summed E-state index contributed by atoms with van der Waals surface area (Å²) in [5, 5.41) is 17.4. The van der Waals surface area contributed by atoms with Crippen molar-refractivity contribution in [2.75, 3.05) is 22.7 Å². The van der Waals surface area contributed by atoms with Crippen molar-refractivity contribution >= 4 is 28.8 Å². The van der Waals surface area contributed by atoms with E-state index in [-0.39, 0.29) is 17.5 Å². The first-order valence-corrected chi connectivity index (χ1v) is 8.04. The van der Waals surface area contributed by atoms with Gasteiger partial charge in [-0.15, -0.1) is 0 Å². The first-order valence-electron chi connectivity index (χ1n) is 8.04. The second-order valence-corrected chi connectivity index (χ2v) is 5.93. The molecule has 0 amide bonds. The maximum Gasteiger partial charge on any atom is 0.229 e. The highest BCUT2D eigenvalue weighted by Crippen LogP contribution is 2.29. The molecular formula is C18H17FN6O. The largest absolute Gasteiger partial charge is 0.508 e. The summed E-state index contributed by atoms with van der Waals surface area (Å²) in [6.45, 7) is 0.720. The maximum atomic E-state index is 14.1. The molecule has 0 bridgehead atoms. The Balaban J connectivity index is 1.57. The zero-order valence-corrected chi connectivity index (χ0v) is 14.0. The molecule has 0 aliphatic carbocycles. The van der Waals surface area contributed by atoms with Gasteiger partial charge in [0.05, 0.1) is 11.9 Å². The number of rotatable bonds is 4. The first kappa shape index (κ1) is 16.1. The average Bonchev–Trinajstić information content (AvgIpc) is 2.98. The van der Waals surface area contributed by atoms with Gasteiger partial charge in [-0.2, -0.15) is 4.98 Å². The first-order chi connectivity index (χ1) is 12.6. The molecule has 0 spiro atoms. The van der Waals surface area contributed by atoms with Crippen molar-refractivity contribution < 1.29 is 9.50 Å². The van der Waals surface area contributed by atoms with Gasteiger partial charge in [-0.3, -0.25) is 0 Å². The number of anilines is 5. The summed E-state index contributed by atoms with van der Waals surface area (Å²) in [5.74, 6) is -0.140. The van der Waals surface area contributed by atoms with Crippen LogP contribution in [0.5, 0.6) is 5.75 Å². The second kappa shape index (κ2) is 6.49. The van der Waals surface area contributed by atoms with Crippen molar-refractivity contribution in [2.24, 2.45) is 0 Å². The number of fused-ring (bicyclic) bond motifs is 1. The highest BCUT2D eigenvalue weighted by atomic mass is 19.1. The normalized spacial score (nSPS) is 12.8. The lowest BCUT2D eigenvalue weighted by Crippen LogP contribution is -2.26. The molecule has 0 fully saturated rings. The number of phenols is 1. The standard InChI is InChI=1S/C18H17FN6O/c1-25-16-6-5-13(7-11(16)9-21-25)22-17-15(19)10-20-18(24-17)23-12-3-2-4-14(26)8-12/h2-8,10,21,26H,9H2,1H3,(H2,20,22,23,24). The Morgan fingerprint density at radius 3 is 2.85 bits per heavy atom. The Kier molecular flexibility index (Phi) is 4.02. The monoisotopic (exact) mass is 352 g/mol. The molecule has 0 saturated carbocycles. The summed E-state index contributed by atoms with van der Waals surface area (Å²) < 4.78 is 14.1. The smallest absolute Gasteiger partial charge is 0.229 e. The number of aromatic hydroxyl groups is 1. The fourth-order valence-corrected chi connectivity index (χ4v) is 2.79. The number of halogens is 1. The molecule has 26 heavy (non-hydrogen) atoms. The molecule has 0 saturated heterocycles. The van der Waals surface area contributed by atoms with Crippen molar-refractivity contribution in [3.8, 4) is 5.75 Å². The van der Waals surface area contributed by atoms with E-state index in [0.717, 1.165) is 29.7 Å². The van der Waals surface area contributed by atoms with Gasteiger partial charge in [-0.05, 0) is 35.9 Å². The van der Waals surface area contributed by atoms with Gasteiger partial charge in [-0.25, -0.2) is 14.8 Å². The summed E-state index contributed by atoms with van der Waals surface area (Å²) in [6, 6.07) is 12.3. The molecule has 1 aromatic heterocycles. The van der Waals surface area contributed by atoms with Crippen LogP contribution in [0.1, 0.15) is 5.56 Å². The van der Waals surface area contributed by atoms with Crippen LogP contribution in [0.25, 0.3) is 0 Å². The zero-order valence-electron chi connectivity index (χ0n) is 14.0. The molecule has 132 valence electrons. The molecule has 2 heterocycles. The van der Waals surface area contributed by atoms with Crippen molar-refractivity contribution in [1.29, 1.82) is 0 Å². The average molecular weight is 352 g/mol. The van der Waals surface area contributed by atoms with Gasteiger partial charge in [0.1, 0.15) is 5.75 Å². The van der Waals surface area contributed by atoms with Gasteiger partial charge in [-0.1, -0.05) is 6.07 Å². The lowest BCUT2D eigenvalue weighted by atomic mass is 10.1. The third kappa shape index (κ3) is 3.22. The summed E-state index contributed by atoms with van der Waals surface area (Å²) in [7, 11) is 1.95. The number of nitrogens with zero attached hydrogens (tertiary/aromatic N) is 3. The van der Waals surface area contributed by atoms with Crippen LogP contribution in [-0.4, -0.2) is 22.1 Å². The molecule has 4 rings (SSSR count). The summed E-state index contributed by atoms with van der Waals surface area (Å²) in [5.41, 5.74) is 6.75. The van der Waals surface area contributed by atoms with E-state index in [0.29, 0.717) is 5.69 Å². The Hall–Kier alpha value is -3.39. The SMILES string of the molecule is CN1NCc2cc(Nc3nc(Nc4cccc(O)c4)ncc3F)ccc21. The van der Waals surface area contributed by atoms with E-state index in [2.05, 4.69) is 26.0 Å². The third-order valence-corrected chi connectivity index (χ3v) is 4.06. The van der Waals surface area contributed by atoms with Gasteiger partial charge in [0.2, 0.25) is 5.95 Å². The number of benzene rings is 2. The second-order valence-electron chi connectivity index (χ2n) is 5.93. The number of aromatic nitrogens is 2. The van der Waals surface area contributed by atoms with Crippen molar-refractivity contribution in [3.63, 3.8) is 0 Å². The summed E-state index contributed by atoms with van der Waals surface area (Å²) >= 11 is 0. The molecule has 3 aromatic rings. The van der Waals surface area contributed by atoms with Crippen LogP contribution in [0.4, 0.5) is 33.2 Å². The van der Waals surface area contributed by atoms with Crippen LogP contribution in [0.3, 0.4) is 0 Å². The van der Waals surface area contributed by atoms with Crippen LogP contribution in [0, 0.1) is 5.82 Å². The van der Waals surface area contributed by atoms with Gasteiger partial charge in [0.25, 0.3) is 0 Å². The van der Waals surface area contributed by atoms with Crippen LogP contribution >= 0.6 is 0 Å². The van der Waals surface area contributed by atoms with Crippen LogP contribution in [0.15, 0.2) is 48.7 Å². The van der Waals surface area contributed by atoms with Crippen LogP contribution < -0.4 is 21.1 Å². The topological polar surface area (TPSA) is 85.3 Å². The fraction of sp³-hybridized carbons (Fsp3) is 0.111. The van der Waals surface area contributed by atoms with E-state index in [4.69, 9.17) is 0 Å². The molecule has 2 aromatic carbocycles. The highest BCUT2D eigenvalue weighted by molar-refractivity contribution is 5.66. The minimum absolute atomic E-state index is 0.0712. The lowest BCUT2D eigenvalue weighted by molar-refractivity contribution is 0.475. The fourth-order valence-electron chi connectivity index (χ4n) is 2.79. The quantitative estimate of drug-likeness (QED) is 0.573. The highest BCUT2D eigenvalue weighted by Gasteiger charge is 2.16. The number of hydrazine groups is 1. The van der Waals surface area contributed by atoms with E-state index in [1.807, 2.05) is 30.3 Å². The molecule has 0 unspecified atom stereocenters. The van der Waals surface area contributed by atoms with Crippen molar-refractivity contribution in [3.05, 3.63) is 60.0 Å². The zero-order chi connectivity index (χ0) is 18.1. The maximum absolute atomic E-state index is 14.1. The summed E-state index contributed by atoms with van der Waals surface area (Å²) in [6.07, 6.45) is 1.10. The van der Waals surface area contributed by atoms with Gasteiger partial charge < -0.3 is 20.7 Å². The molecule has 1 aliphatic rings. The predicted molar refractivity (Wildman–Crippen MR) is 98.3 cm³/mol. The molecule has 1 aliphatic heterocycles. The van der Waals surface area contributed by atoms with Gasteiger partial charge >= 0.3 is 0 Å². The number of hydrogen-bond donors (Lipinski definition) is 4. The molecule has 0 atom stereocenters. The number of hydrogen-bond acceptors (Lipinski definition) is 7. The Bertz CT molecular complexity index is 964. The van der Waals surface area contributed by atoms with E-state index in [1.165, 1.54) is 6.07 Å². The Labute approximate surface area is 149 Å². The van der Waals surface area contributed by atoms with Gasteiger partial charge in [0.15, 0.2) is 11.6 Å². The lowest BCUT2D eigenvalue weighted by Gasteiger charge is -2.13. The van der Waals surface area contributed by atoms with Gasteiger partial charge in [0, 0.05) is 31.0 Å². The third-order valence-electron chi connectivity index (χ3n) is 4.06. The van der Waals surface area contributed by atoms with Crippen LogP contribution in [0.2, 0.25) is 0 Å². The molecule has 4 N–H and O–H groups in total. The number of nitrogens with one attached hydrogen (secondary N) is 3. The minimum atomic E-state index is -0.554. The van der Waals surface area contributed by atoms with E-state index in [9.17, 15) is 9.50 Å². The molecule has 0 radical (unpaired) electrons.